The Kier molecular flexibility index (Phi) is 9.16. The van der Waals surface area contributed by atoms with Crippen molar-refractivity contribution in [1.29, 1.82) is 0 Å². The van der Waals surface area contributed by atoms with E-state index < -0.39 is 36.0 Å². The van der Waals surface area contributed by atoms with E-state index in [1.807, 2.05) is 0 Å². The van der Waals surface area contributed by atoms with Crippen LogP contribution in [0.5, 0.6) is 5.75 Å². The van der Waals surface area contributed by atoms with E-state index in [-0.39, 0.29) is 38.8 Å². The van der Waals surface area contributed by atoms with Crippen LogP contribution in [0.4, 0.5) is 10.5 Å². The van der Waals surface area contributed by atoms with Crippen molar-refractivity contribution in [2.45, 2.75) is 52.2 Å². The number of aliphatic carboxylic acids is 1. The van der Waals surface area contributed by atoms with Gasteiger partial charge in [-0.25, -0.2) is 4.79 Å². The van der Waals surface area contributed by atoms with E-state index in [9.17, 15) is 19.2 Å². The van der Waals surface area contributed by atoms with Crippen LogP contribution in [-0.4, -0.2) is 70.2 Å². The fraction of sp³-hybridized carbons (Fsp3) is 0.440. The largest absolute Gasteiger partial charge is 0.488 e. The van der Waals surface area contributed by atoms with Gasteiger partial charge in [-0.3, -0.25) is 14.4 Å². The lowest BCUT2D eigenvalue weighted by Gasteiger charge is -2.33. The first-order chi connectivity index (χ1) is 17.7. The minimum atomic E-state index is -1.19. The average molecular weight is 569 g/mol. The SMILES string of the molecule is Cc1[nH]c(C(=O)Nc2ccc(C(=O)NCC(=O)O)cc2OC2CCN(C(=O)OC(C)(C)C)CC2)c(Cl)c1Cl. The second-order valence-electron chi connectivity index (χ2n) is 9.78. The number of rotatable bonds is 7. The fourth-order valence-electron chi connectivity index (χ4n) is 3.70. The van der Waals surface area contributed by atoms with Gasteiger partial charge in [-0.15, -0.1) is 0 Å². The summed E-state index contributed by atoms with van der Waals surface area (Å²) in [7, 11) is 0. The zero-order valence-electron chi connectivity index (χ0n) is 21.4. The summed E-state index contributed by atoms with van der Waals surface area (Å²) in [5.41, 5.74) is 0.389. The summed E-state index contributed by atoms with van der Waals surface area (Å²) in [5, 5.41) is 14.2. The van der Waals surface area contributed by atoms with Crippen LogP contribution >= 0.6 is 23.2 Å². The van der Waals surface area contributed by atoms with Crippen molar-refractivity contribution >= 4 is 52.8 Å². The summed E-state index contributed by atoms with van der Waals surface area (Å²) in [5.74, 6) is -2.18. The highest BCUT2D eigenvalue weighted by Crippen LogP contribution is 2.33. The zero-order valence-corrected chi connectivity index (χ0v) is 23.0. The molecule has 13 heteroatoms. The molecule has 3 rings (SSSR count). The van der Waals surface area contributed by atoms with Gasteiger partial charge in [0.25, 0.3) is 11.8 Å². The highest BCUT2D eigenvalue weighted by atomic mass is 35.5. The number of halogens is 2. The molecule has 1 saturated heterocycles. The van der Waals surface area contributed by atoms with Gasteiger partial charge in [0.1, 0.15) is 29.7 Å². The number of nitrogens with zero attached hydrogens (tertiary/aromatic N) is 1. The van der Waals surface area contributed by atoms with E-state index in [0.29, 0.717) is 31.6 Å². The smallest absolute Gasteiger partial charge is 0.410 e. The number of ether oxygens (including phenoxy) is 2. The molecule has 1 aromatic carbocycles. The van der Waals surface area contributed by atoms with Crippen LogP contribution < -0.4 is 15.4 Å². The number of hydrogen-bond acceptors (Lipinski definition) is 6. The van der Waals surface area contributed by atoms with Gasteiger partial charge < -0.3 is 35.1 Å². The number of likely N-dealkylation sites (tertiary alicyclic amines) is 1. The summed E-state index contributed by atoms with van der Waals surface area (Å²) in [6.45, 7) is 7.31. The maximum absolute atomic E-state index is 12.9. The lowest BCUT2D eigenvalue weighted by atomic mass is 10.1. The molecule has 0 aliphatic carbocycles. The van der Waals surface area contributed by atoms with Crippen LogP contribution in [0.3, 0.4) is 0 Å². The number of amides is 3. The lowest BCUT2D eigenvalue weighted by Crippen LogP contribution is -2.44. The predicted molar refractivity (Wildman–Crippen MR) is 141 cm³/mol. The number of carboxylic acid groups (broad SMARTS) is 1. The molecule has 2 heterocycles. The number of carbonyl (C=O) groups is 4. The Hall–Kier alpha value is -3.44. The monoisotopic (exact) mass is 568 g/mol. The van der Waals surface area contributed by atoms with Gasteiger partial charge >= 0.3 is 12.1 Å². The highest BCUT2D eigenvalue weighted by molar-refractivity contribution is 6.44. The van der Waals surface area contributed by atoms with Gasteiger partial charge in [0.05, 0.1) is 15.7 Å². The van der Waals surface area contributed by atoms with Crippen molar-refractivity contribution < 1.29 is 33.8 Å². The molecule has 0 atom stereocenters. The van der Waals surface area contributed by atoms with Crippen molar-refractivity contribution in [1.82, 2.24) is 15.2 Å². The molecule has 11 nitrogen and oxygen atoms in total. The van der Waals surface area contributed by atoms with E-state index in [1.54, 1.807) is 32.6 Å². The van der Waals surface area contributed by atoms with Crippen molar-refractivity contribution in [3.05, 3.63) is 45.2 Å². The van der Waals surface area contributed by atoms with Crippen LogP contribution in [0.1, 0.15) is 60.2 Å². The second-order valence-corrected chi connectivity index (χ2v) is 10.5. The summed E-state index contributed by atoms with van der Waals surface area (Å²) >= 11 is 12.3. The van der Waals surface area contributed by atoms with Crippen LogP contribution in [0, 0.1) is 6.92 Å². The molecule has 4 N–H and O–H groups in total. The Morgan fingerprint density at radius 3 is 2.32 bits per heavy atom. The van der Waals surface area contributed by atoms with Crippen LogP contribution in [0.25, 0.3) is 0 Å². The Balaban J connectivity index is 1.79. The molecule has 2 aromatic rings. The predicted octanol–water partition coefficient (Wildman–Crippen LogP) is 4.47. The number of aryl methyl sites for hydroxylation is 1. The van der Waals surface area contributed by atoms with Crippen LogP contribution in [0.15, 0.2) is 18.2 Å². The van der Waals surface area contributed by atoms with Gasteiger partial charge in [0.15, 0.2) is 0 Å². The molecule has 0 bridgehead atoms. The third kappa shape index (κ3) is 7.55. The van der Waals surface area contributed by atoms with E-state index >= 15 is 0 Å². The van der Waals surface area contributed by atoms with Crippen molar-refractivity contribution in [3.8, 4) is 5.75 Å². The topological polar surface area (TPSA) is 150 Å². The molecule has 1 aliphatic heterocycles. The number of H-pyrrole nitrogens is 1. The van der Waals surface area contributed by atoms with E-state index in [0.717, 1.165) is 0 Å². The second kappa shape index (κ2) is 12.0. The Bertz CT molecular complexity index is 1230. The number of piperidine rings is 1. The number of aromatic nitrogens is 1. The maximum atomic E-state index is 12.9. The van der Waals surface area contributed by atoms with Gasteiger partial charge in [-0.1, -0.05) is 23.2 Å². The molecule has 0 saturated carbocycles. The number of anilines is 1. The summed E-state index contributed by atoms with van der Waals surface area (Å²) in [6, 6.07) is 4.32. The molecule has 1 aliphatic rings. The van der Waals surface area contributed by atoms with Crippen molar-refractivity contribution in [2.24, 2.45) is 0 Å². The molecule has 38 heavy (non-hydrogen) atoms. The van der Waals surface area contributed by atoms with Gasteiger partial charge in [0, 0.05) is 37.2 Å². The van der Waals surface area contributed by atoms with Gasteiger partial charge in [-0.05, 0) is 45.9 Å². The minimum Gasteiger partial charge on any atom is -0.488 e. The first-order valence-corrected chi connectivity index (χ1v) is 12.6. The molecule has 1 fully saturated rings. The summed E-state index contributed by atoms with van der Waals surface area (Å²) in [4.78, 5) is 53.0. The molecule has 0 radical (unpaired) electrons. The fourth-order valence-corrected chi connectivity index (χ4v) is 4.11. The molecule has 206 valence electrons. The van der Waals surface area contributed by atoms with Crippen LogP contribution in [0.2, 0.25) is 10.0 Å². The Morgan fingerprint density at radius 1 is 1.11 bits per heavy atom. The van der Waals surface area contributed by atoms with E-state index in [1.165, 1.54) is 18.2 Å². The zero-order chi connectivity index (χ0) is 28.2. The van der Waals surface area contributed by atoms with E-state index in [4.69, 9.17) is 37.8 Å². The molecule has 0 unspecified atom stereocenters. The van der Waals surface area contributed by atoms with Crippen molar-refractivity contribution in [3.63, 3.8) is 0 Å². The number of carbonyl (C=O) groups excluding carboxylic acids is 3. The first-order valence-electron chi connectivity index (χ1n) is 11.9. The number of benzene rings is 1. The van der Waals surface area contributed by atoms with Crippen molar-refractivity contribution in [2.75, 3.05) is 25.0 Å². The first kappa shape index (κ1) is 29.1. The van der Waals surface area contributed by atoms with Crippen LogP contribution in [-0.2, 0) is 9.53 Å². The molecular weight excluding hydrogens is 539 g/mol. The summed E-state index contributed by atoms with van der Waals surface area (Å²) < 4.78 is 11.6. The number of hydrogen-bond donors (Lipinski definition) is 4. The molecular formula is C25H30Cl2N4O7. The molecule has 0 spiro atoms. The number of nitrogens with one attached hydrogen (secondary N) is 3. The minimum absolute atomic E-state index is 0.0639. The highest BCUT2D eigenvalue weighted by Gasteiger charge is 2.29. The third-order valence-corrected chi connectivity index (χ3v) is 6.51. The third-order valence-electron chi connectivity index (χ3n) is 5.56. The summed E-state index contributed by atoms with van der Waals surface area (Å²) in [6.07, 6.45) is 0.240. The number of aromatic amines is 1. The average Bonchev–Trinajstić information content (AvgIpc) is 3.10. The Morgan fingerprint density at radius 2 is 1.76 bits per heavy atom. The van der Waals surface area contributed by atoms with Gasteiger partial charge in [-0.2, -0.15) is 0 Å². The lowest BCUT2D eigenvalue weighted by molar-refractivity contribution is -0.135. The quantitative estimate of drug-likeness (QED) is 0.384. The van der Waals surface area contributed by atoms with Gasteiger partial charge in [0.2, 0.25) is 0 Å². The molecule has 1 aromatic heterocycles. The standard InChI is InChI=1S/C25H30Cl2N4O7/c1-13-19(26)20(27)21(29-13)23(35)30-16-6-5-14(22(34)28-12-18(32)33)11-17(16)37-15-7-9-31(10-8-15)24(36)38-25(2,3)4/h5-6,11,15,29H,7-10,12H2,1-4H3,(H,28,34)(H,30,35)(H,32,33). The Labute approximate surface area is 229 Å². The van der Waals surface area contributed by atoms with E-state index in [2.05, 4.69) is 15.6 Å². The normalized spacial score (nSPS) is 14.1. The molecule has 3 amide bonds. The number of carboxylic acids is 1. The maximum Gasteiger partial charge on any atom is 0.410 e.